The topological polar surface area (TPSA) is 54.2 Å². The molecule has 17 heavy (non-hydrogen) atoms. The predicted molar refractivity (Wildman–Crippen MR) is 70.2 cm³/mol. The van der Waals surface area contributed by atoms with Crippen molar-refractivity contribution in [1.82, 2.24) is 19.9 Å². The first-order chi connectivity index (χ1) is 8.33. The SMILES string of the molecule is Brc1cccn2nc(NC3CCCNC3)nc12. The fourth-order valence-electron chi connectivity index (χ4n) is 2.09. The number of halogens is 1. The number of aromatic nitrogens is 3. The first-order valence-corrected chi connectivity index (χ1v) is 6.60. The summed E-state index contributed by atoms with van der Waals surface area (Å²) in [7, 11) is 0. The van der Waals surface area contributed by atoms with Gasteiger partial charge >= 0.3 is 0 Å². The van der Waals surface area contributed by atoms with Gasteiger partial charge in [-0.25, -0.2) is 4.52 Å². The monoisotopic (exact) mass is 295 g/mol. The molecule has 2 aromatic rings. The molecular formula is C11H14BrN5. The molecule has 1 unspecified atom stereocenters. The highest BCUT2D eigenvalue weighted by Crippen LogP contribution is 2.17. The van der Waals surface area contributed by atoms with Crippen LogP contribution in [0.5, 0.6) is 0 Å². The number of pyridine rings is 1. The minimum atomic E-state index is 0.430. The molecule has 0 saturated carbocycles. The number of hydrogen-bond acceptors (Lipinski definition) is 4. The Labute approximate surface area is 108 Å². The number of rotatable bonds is 2. The van der Waals surface area contributed by atoms with Crippen molar-refractivity contribution in [3.63, 3.8) is 0 Å². The summed E-state index contributed by atoms with van der Waals surface area (Å²) in [4.78, 5) is 4.47. The van der Waals surface area contributed by atoms with Crippen LogP contribution >= 0.6 is 15.9 Å². The van der Waals surface area contributed by atoms with Gasteiger partial charge < -0.3 is 10.6 Å². The zero-order valence-corrected chi connectivity index (χ0v) is 10.9. The van der Waals surface area contributed by atoms with Crippen molar-refractivity contribution in [2.75, 3.05) is 18.4 Å². The second-order valence-electron chi connectivity index (χ2n) is 4.25. The van der Waals surface area contributed by atoms with Crippen molar-refractivity contribution >= 4 is 27.5 Å². The van der Waals surface area contributed by atoms with E-state index in [1.54, 1.807) is 4.52 Å². The standard InChI is InChI=1S/C11H14BrN5/c12-9-4-2-6-17-10(9)15-11(16-17)14-8-3-1-5-13-7-8/h2,4,6,8,13H,1,3,5,7H2,(H,14,16). The van der Waals surface area contributed by atoms with Gasteiger partial charge in [-0.15, -0.1) is 5.10 Å². The zero-order chi connectivity index (χ0) is 11.7. The second kappa shape index (κ2) is 4.62. The van der Waals surface area contributed by atoms with E-state index in [0.717, 1.165) is 23.2 Å². The number of piperidine rings is 1. The fraction of sp³-hybridized carbons (Fsp3) is 0.455. The van der Waals surface area contributed by atoms with Crippen molar-refractivity contribution in [2.24, 2.45) is 0 Å². The maximum atomic E-state index is 4.47. The van der Waals surface area contributed by atoms with E-state index in [1.807, 2.05) is 18.3 Å². The van der Waals surface area contributed by atoms with Gasteiger partial charge in [0.15, 0.2) is 5.65 Å². The third-order valence-corrected chi connectivity index (χ3v) is 3.56. The largest absolute Gasteiger partial charge is 0.349 e. The highest BCUT2D eigenvalue weighted by Gasteiger charge is 2.15. The Balaban J connectivity index is 1.83. The minimum Gasteiger partial charge on any atom is -0.349 e. The minimum absolute atomic E-state index is 0.430. The van der Waals surface area contributed by atoms with Gasteiger partial charge in [0.25, 0.3) is 0 Å². The molecule has 3 rings (SSSR count). The van der Waals surface area contributed by atoms with Gasteiger partial charge in [-0.05, 0) is 47.4 Å². The normalized spacial score (nSPS) is 20.6. The number of hydrogen-bond donors (Lipinski definition) is 2. The van der Waals surface area contributed by atoms with E-state index in [4.69, 9.17) is 0 Å². The lowest BCUT2D eigenvalue weighted by molar-refractivity contribution is 0.478. The predicted octanol–water partition coefficient (Wildman–Crippen LogP) is 1.66. The maximum absolute atomic E-state index is 4.47. The molecule has 0 amide bonds. The number of nitrogens with one attached hydrogen (secondary N) is 2. The maximum Gasteiger partial charge on any atom is 0.243 e. The Kier molecular flexibility index (Phi) is 2.98. The summed E-state index contributed by atoms with van der Waals surface area (Å²) in [6.45, 7) is 2.10. The summed E-state index contributed by atoms with van der Waals surface area (Å²) >= 11 is 3.47. The van der Waals surface area contributed by atoms with Crippen LogP contribution in [0.1, 0.15) is 12.8 Å². The van der Waals surface area contributed by atoms with Gasteiger partial charge in [-0.3, -0.25) is 0 Å². The van der Waals surface area contributed by atoms with Crippen LogP contribution < -0.4 is 10.6 Å². The Morgan fingerprint density at radius 1 is 1.53 bits per heavy atom. The molecule has 6 heteroatoms. The average Bonchev–Trinajstić information content (AvgIpc) is 2.74. The van der Waals surface area contributed by atoms with Gasteiger partial charge in [0.05, 0.1) is 4.47 Å². The Hall–Kier alpha value is -1.14. The van der Waals surface area contributed by atoms with Crippen LogP contribution in [0.15, 0.2) is 22.8 Å². The first-order valence-electron chi connectivity index (χ1n) is 5.81. The second-order valence-corrected chi connectivity index (χ2v) is 5.10. The van der Waals surface area contributed by atoms with Crippen LogP contribution in [0.4, 0.5) is 5.95 Å². The molecule has 2 N–H and O–H groups in total. The van der Waals surface area contributed by atoms with Crippen molar-refractivity contribution in [3.05, 3.63) is 22.8 Å². The van der Waals surface area contributed by atoms with Crippen LogP contribution in [0.25, 0.3) is 5.65 Å². The van der Waals surface area contributed by atoms with E-state index in [2.05, 4.69) is 36.6 Å². The summed E-state index contributed by atoms with van der Waals surface area (Å²) in [5, 5.41) is 11.1. The van der Waals surface area contributed by atoms with Crippen LogP contribution in [0, 0.1) is 0 Å². The van der Waals surface area contributed by atoms with E-state index >= 15 is 0 Å². The molecule has 0 aromatic carbocycles. The molecule has 90 valence electrons. The summed E-state index contributed by atoms with van der Waals surface area (Å²) in [5.41, 5.74) is 0.846. The fourth-order valence-corrected chi connectivity index (χ4v) is 2.52. The van der Waals surface area contributed by atoms with Crippen molar-refractivity contribution in [3.8, 4) is 0 Å². The molecule has 1 aliphatic rings. The highest BCUT2D eigenvalue weighted by molar-refractivity contribution is 9.10. The summed E-state index contributed by atoms with van der Waals surface area (Å²) in [6.07, 6.45) is 4.27. The van der Waals surface area contributed by atoms with Crippen LogP contribution in [0.3, 0.4) is 0 Å². The Morgan fingerprint density at radius 2 is 2.47 bits per heavy atom. The first kappa shape index (κ1) is 11.0. The molecule has 5 nitrogen and oxygen atoms in total. The van der Waals surface area contributed by atoms with E-state index in [9.17, 15) is 0 Å². The third kappa shape index (κ3) is 2.28. The van der Waals surface area contributed by atoms with Crippen LogP contribution in [0.2, 0.25) is 0 Å². The van der Waals surface area contributed by atoms with E-state index in [0.29, 0.717) is 12.0 Å². The Morgan fingerprint density at radius 3 is 3.24 bits per heavy atom. The molecule has 1 fully saturated rings. The van der Waals surface area contributed by atoms with E-state index in [1.165, 1.54) is 12.8 Å². The zero-order valence-electron chi connectivity index (χ0n) is 9.36. The molecule has 0 spiro atoms. The van der Waals surface area contributed by atoms with Gasteiger partial charge in [0.1, 0.15) is 0 Å². The average molecular weight is 296 g/mol. The lowest BCUT2D eigenvalue weighted by Gasteiger charge is -2.22. The van der Waals surface area contributed by atoms with Gasteiger partial charge in [0.2, 0.25) is 5.95 Å². The van der Waals surface area contributed by atoms with Crippen LogP contribution in [-0.4, -0.2) is 33.7 Å². The smallest absolute Gasteiger partial charge is 0.243 e. The number of fused-ring (bicyclic) bond motifs is 1. The third-order valence-electron chi connectivity index (χ3n) is 2.94. The quantitative estimate of drug-likeness (QED) is 0.885. The molecule has 0 aliphatic carbocycles. The van der Waals surface area contributed by atoms with Crippen molar-refractivity contribution in [1.29, 1.82) is 0 Å². The number of nitrogens with zero attached hydrogens (tertiary/aromatic N) is 3. The molecule has 3 heterocycles. The summed E-state index contributed by atoms with van der Waals surface area (Å²) in [6, 6.07) is 4.34. The summed E-state index contributed by atoms with van der Waals surface area (Å²) < 4.78 is 2.74. The van der Waals surface area contributed by atoms with Crippen molar-refractivity contribution in [2.45, 2.75) is 18.9 Å². The number of anilines is 1. The van der Waals surface area contributed by atoms with Gasteiger partial charge in [0, 0.05) is 18.8 Å². The lowest BCUT2D eigenvalue weighted by atomic mass is 10.1. The van der Waals surface area contributed by atoms with Crippen molar-refractivity contribution < 1.29 is 0 Å². The Bertz CT molecular complexity index is 518. The molecule has 1 atom stereocenters. The molecule has 1 saturated heterocycles. The summed E-state index contributed by atoms with van der Waals surface area (Å²) in [5.74, 6) is 0.700. The van der Waals surface area contributed by atoms with Crippen LogP contribution in [-0.2, 0) is 0 Å². The molecule has 2 aromatic heterocycles. The lowest BCUT2D eigenvalue weighted by Crippen LogP contribution is -2.38. The molecule has 0 bridgehead atoms. The van der Waals surface area contributed by atoms with Gasteiger partial charge in [-0.2, -0.15) is 4.98 Å². The van der Waals surface area contributed by atoms with Gasteiger partial charge in [-0.1, -0.05) is 0 Å². The molecule has 0 radical (unpaired) electrons. The van der Waals surface area contributed by atoms with E-state index < -0.39 is 0 Å². The molecule has 1 aliphatic heterocycles. The highest BCUT2D eigenvalue weighted by atomic mass is 79.9. The van der Waals surface area contributed by atoms with E-state index in [-0.39, 0.29) is 0 Å². The molecular weight excluding hydrogens is 282 g/mol.